The number of oxazole rings is 1. The van der Waals surface area contributed by atoms with Crippen molar-refractivity contribution in [2.75, 3.05) is 12.3 Å². The van der Waals surface area contributed by atoms with Gasteiger partial charge < -0.3 is 14.9 Å². The van der Waals surface area contributed by atoms with E-state index in [9.17, 15) is 4.79 Å². The zero-order valence-corrected chi connectivity index (χ0v) is 8.40. The molecule has 0 saturated carbocycles. The summed E-state index contributed by atoms with van der Waals surface area (Å²) >= 11 is 0. The maximum absolute atomic E-state index is 11.4. The summed E-state index contributed by atoms with van der Waals surface area (Å²) < 4.78 is 11.6. The summed E-state index contributed by atoms with van der Waals surface area (Å²) in [6.07, 6.45) is 0. The van der Waals surface area contributed by atoms with Crippen LogP contribution in [-0.4, -0.2) is 11.2 Å². The molecule has 80 valence electrons. The summed E-state index contributed by atoms with van der Waals surface area (Å²) in [5, 5.41) is 0. The topological polar surface area (TPSA) is 70.4 Å². The molecule has 0 amide bonds. The van der Waals surface area contributed by atoms with E-state index >= 15 is 0 Å². The molecule has 1 aromatic heterocycles. The zero-order chi connectivity index (χ0) is 10.8. The summed E-state index contributed by atoms with van der Waals surface area (Å²) in [7, 11) is 0. The number of hydrogen-bond acceptors (Lipinski definition) is 4. The quantitative estimate of drug-likeness (QED) is 0.768. The van der Waals surface area contributed by atoms with E-state index in [1.165, 1.54) is 4.57 Å². The largest absolute Gasteiger partial charge is 0.421 e. The summed E-state index contributed by atoms with van der Waals surface area (Å²) in [6, 6.07) is 5.09. The maximum atomic E-state index is 11.4. The van der Waals surface area contributed by atoms with Gasteiger partial charge in [0, 0.05) is 18.4 Å². The minimum Gasteiger partial charge on any atom is -0.408 e. The second-order valence-electron chi connectivity index (χ2n) is 3.15. The molecular formula is C10H12N2O3. The second kappa shape index (κ2) is 3.78. The number of hydrogen-bond donors (Lipinski definition) is 1. The van der Waals surface area contributed by atoms with Crippen LogP contribution in [0, 0.1) is 0 Å². The van der Waals surface area contributed by atoms with Gasteiger partial charge in [0.2, 0.25) is 0 Å². The SMILES string of the molecule is CCOCn1c(=O)oc2cc(N)ccc21. The first-order chi connectivity index (χ1) is 7.22. The average Bonchev–Trinajstić information content (AvgIpc) is 2.50. The van der Waals surface area contributed by atoms with Gasteiger partial charge in [-0.25, -0.2) is 9.36 Å². The first-order valence-corrected chi connectivity index (χ1v) is 4.69. The van der Waals surface area contributed by atoms with Crippen molar-refractivity contribution in [1.29, 1.82) is 0 Å². The third-order valence-electron chi connectivity index (χ3n) is 2.12. The highest BCUT2D eigenvalue weighted by Gasteiger charge is 2.08. The van der Waals surface area contributed by atoms with Gasteiger partial charge in [0.05, 0.1) is 5.52 Å². The number of anilines is 1. The maximum Gasteiger partial charge on any atom is 0.421 e. The highest BCUT2D eigenvalue weighted by atomic mass is 16.5. The standard InChI is InChI=1S/C10H12N2O3/c1-2-14-6-12-8-4-3-7(11)5-9(8)15-10(12)13/h3-5H,2,6,11H2,1H3. The van der Waals surface area contributed by atoms with Gasteiger partial charge in [-0.1, -0.05) is 0 Å². The Kier molecular flexibility index (Phi) is 2.47. The van der Waals surface area contributed by atoms with Crippen LogP contribution in [0.25, 0.3) is 11.1 Å². The van der Waals surface area contributed by atoms with Crippen LogP contribution < -0.4 is 11.5 Å². The normalized spacial score (nSPS) is 11.0. The van der Waals surface area contributed by atoms with Gasteiger partial charge in [-0.3, -0.25) is 0 Å². The molecule has 0 aliphatic carbocycles. The van der Waals surface area contributed by atoms with Gasteiger partial charge in [-0.2, -0.15) is 0 Å². The predicted octanol–water partition coefficient (Wildman–Crippen LogP) is 1.17. The Bertz CT molecular complexity index is 527. The summed E-state index contributed by atoms with van der Waals surface area (Å²) in [5.74, 6) is -0.427. The van der Waals surface area contributed by atoms with Gasteiger partial charge in [-0.15, -0.1) is 0 Å². The monoisotopic (exact) mass is 208 g/mol. The fraction of sp³-hybridized carbons (Fsp3) is 0.300. The van der Waals surface area contributed by atoms with E-state index in [0.29, 0.717) is 23.4 Å². The Labute approximate surface area is 86.0 Å². The van der Waals surface area contributed by atoms with Crippen molar-refractivity contribution < 1.29 is 9.15 Å². The van der Waals surface area contributed by atoms with Gasteiger partial charge in [0.1, 0.15) is 6.73 Å². The first-order valence-electron chi connectivity index (χ1n) is 4.69. The highest BCUT2D eigenvalue weighted by molar-refractivity contribution is 5.76. The van der Waals surface area contributed by atoms with Gasteiger partial charge in [-0.05, 0) is 19.1 Å². The van der Waals surface area contributed by atoms with Crippen molar-refractivity contribution in [1.82, 2.24) is 4.57 Å². The van der Waals surface area contributed by atoms with E-state index in [1.807, 2.05) is 6.92 Å². The highest BCUT2D eigenvalue weighted by Crippen LogP contribution is 2.15. The number of benzene rings is 1. The number of ether oxygens (including phenoxy) is 1. The lowest BCUT2D eigenvalue weighted by Crippen LogP contribution is -2.15. The molecule has 2 N–H and O–H groups in total. The van der Waals surface area contributed by atoms with E-state index in [1.54, 1.807) is 18.2 Å². The van der Waals surface area contributed by atoms with E-state index in [2.05, 4.69) is 0 Å². The van der Waals surface area contributed by atoms with Crippen LogP contribution in [0.4, 0.5) is 5.69 Å². The molecule has 5 heteroatoms. The molecular weight excluding hydrogens is 196 g/mol. The third-order valence-corrected chi connectivity index (χ3v) is 2.12. The fourth-order valence-electron chi connectivity index (χ4n) is 1.39. The van der Waals surface area contributed by atoms with Gasteiger partial charge in [0.15, 0.2) is 5.58 Å². The molecule has 1 heterocycles. The van der Waals surface area contributed by atoms with Crippen molar-refractivity contribution in [2.24, 2.45) is 0 Å². The molecule has 0 fully saturated rings. The zero-order valence-electron chi connectivity index (χ0n) is 8.40. The van der Waals surface area contributed by atoms with Crippen LogP contribution in [0.2, 0.25) is 0 Å². The summed E-state index contributed by atoms with van der Waals surface area (Å²) in [4.78, 5) is 11.4. The van der Waals surface area contributed by atoms with Crippen LogP contribution in [0.5, 0.6) is 0 Å². The van der Waals surface area contributed by atoms with Crippen molar-refractivity contribution in [3.8, 4) is 0 Å². The average molecular weight is 208 g/mol. The second-order valence-corrected chi connectivity index (χ2v) is 3.15. The lowest BCUT2D eigenvalue weighted by Gasteiger charge is -2.01. The molecule has 2 aromatic rings. The Morgan fingerprint density at radius 2 is 2.33 bits per heavy atom. The fourth-order valence-corrected chi connectivity index (χ4v) is 1.39. The Morgan fingerprint density at radius 3 is 3.07 bits per heavy atom. The molecule has 0 atom stereocenters. The van der Waals surface area contributed by atoms with E-state index < -0.39 is 5.76 Å². The Hall–Kier alpha value is -1.75. The van der Waals surface area contributed by atoms with Gasteiger partial charge >= 0.3 is 5.76 Å². The number of nitrogens with zero attached hydrogens (tertiary/aromatic N) is 1. The van der Waals surface area contributed by atoms with Crippen LogP contribution >= 0.6 is 0 Å². The number of nitrogen functional groups attached to an aromatic ring is 1. The Morgan fingerprint density at radius 1 is 1.53 bits per heavy atom. The predicted molar refractivity (Wildman–Crippen MR) is 56.5 cm³/mol. The molecule has 1 aromatic carbocycles. The Balaban J connectivity index is 2.53. The van der Waals surface area contributed by atoms with Crippen LogP contribution in [0.15, 0.2) is 27.4 Å². The number of rotatable bonds is 3. The molecule has 5 nitrogen and oxygen atoms in total. The molecule has 0 spiro atoms. The molecule has 0 radical (unpaired) electrons. The van der Waals surface area contributed by atoms with Gasteiger partial charge in [0.25, 0.3) is 0 Å². The molecule has 0 aliphatic heterocycles. The molecule has 0 saturated heterocycles. The molecule has 0 unspecified atom stereocenters. The van der Waals surface area contributed by atoms with Crippen molar-refractivity contribution in [3.05, 3.63) is 28.7 Å². The van der Waals surface area contributed by atoms with Crippen molar-refractivity contribution in [2.45, 2.75) is 13.7 Å². The third kappa shape index (κ3) is 1.73. The van der Waals surface area contributed by atoms with E-state index in [-0.39, 0.29) is 6.73 Å². The number of fused-ring (bicyclic) bond motifs is 1. The molecule has 15 heavy (non-hydrogen) atoms. The lowest BCUT2D eigenvalue weighted by atomic mass is 10.3. The van der Waals surface area contributed by atoms with E-state index in [4.69, 9.17) is 14.9 Å². The number of aromatic nitrogens is 1. The van der Waals surface area contributed by atoms with Crippen LogP contribution in [-0.2, 0) is 11.5 Å². The first kappa shape index (κ1) is 9.79. The molecule has 2 rings (SSSR count). The van der Waals surface area contributed by atoms with Crippen LogP contribution in [0.3, 0.4) is 0 Å². The molecule has 0 aliphatic rings. The van der Waals surface area contributed by atoms with E-state index in [0.717, 1.165) is 0 Å². The minimum absolute atomic E-state index is 0.201. The number of nitrogens with two attached hydrogens (primary N) is 1. The summed E-state index contributed by atoms with van der Waals surface area (Å²) in [5.41, 5.74) is 7.33. The van der Waals surface area contributed by atoms with Crippen molar-refractivity contribution in [3.63, 3.8) is 0 Å². The lowest BCUT2D eigenvalue weighted by molar-refractivity contribution is 0.0856. The summed E-state index contributed by atoms with van der Waals surface area (Å²) in [6.45, 7) is 2.62. The van der Waals surface area contributed by atoms with Crippen LogP contribution in [0.1, 0.15) is 6.92 Å². The van der Waals surface area contributed by atoms with Crippen molar-refractivity contribution >= 4 is 16.8 Å². The smallest absolute Gasteiger partial charge is 0.408 e. The molecule has 0 bridgehead atoms. The minimum atomic E-state index is -0.427.